The van der Waals surface area contributed by atoms with Crippen LogP contribution in [-0.4, -0.2) is 46.1 Å². The number of ether oxygens (including phenoxy) is 1. The Balaban J connectivity index is 2.32. The average Bonchev–Trinajstić information content (AvgIpc) is 2.32. The Kier molecular flexibility index (Phi) is 3.45. The van der Waals surface area contributed by atoms with E-state index in [1.807, 2.05) is 0 Å². The van der Waals surface area contributed by atoms with Crippen LogP contribution < -0.4 is 4.72 Å². The van der Waals surface area contributed by atoms with Gasteiger partial charge in [-0.1, -0.05) is 0 Å². The quantitative estimate of drug-likeness (QED) is 0.594. The van der Waals surface area contributed by atoms with Gasteiger partial charge >= 0.3 is 0 Å². The summed E-state index contributed by atoms with van der Waals surface area (Å²) in [5.41, 5.74) is 0. The van der Waals surface area contributed by atoms with Crippen LogP contribution in [0.5, 0.6) is 0 Å². The summed E-state index contributed by atoms with van der Waals surface area (Å²) >= 11 is 0. The van der Waals surface area contributed by atoms with Crippen LogP contribution in [0.1, 0.15) is 6.42 Å². The summed E-state index contributed by atoms with van der Waals surface area (Å²) in [6.07, 6.45) is 0.747. The molecule has 0 aliphatic carbocycles. The zero-order valence-corrected chi connectivity index (χ0v) is 7.93. The summed E-state index contributed by atoms with van der Waals surface area (Å²) in [6, 6.07) is 0. The van der Waals surface area contributed by atoms with Gasteiger partial charge in [-0.3, -0.25) is 0 Å². The zero-order chi connectivity index (χ0) is 9.03. The van der Waals surface area contributed by atoms with Crippen LogP contribution in [0.25, 0.3) is 0 Å². The first-order chi connectivity index (χ1) is 5.67. The third-order valence-electron chi connectivity index (χ3n) is 1.74. The standard InChI is InChI=1S/C6H14N2O3S/c1-11-6-2-4-8-5-3-7-12(8,9)10/h7H,2-6H2,1H3. The van der Waals surface area contributed by atoms with Crippen molar-refractivity contribution in [1.29, 1.82) is 0 Å². The van der Waals surface area contributed by atoms with Crippen molar-refractivity contribution in [2.75, 3.05) is 33.4 Å². The topological polar surface area (TPSA) is 58.6 Å². The third-order valence-corrected chi connectivity index (χ3v) is 3.36. The van der Waals surface area contributed by atoms with E-state index in [9.17, 15) is 8.42 Å². The molecule has 0 amide bonds. The summed E-state index contributed by atoms with van der Waals surface area (Å²) in [6.45, 7) is 2.25. The first-order valence-corrected chi connectivity index (χ1v) is 5.34. The highest BCUT2D eigenvalue weighted by atomic mass is 32.2. The third kappa shape index (κ3) is 2.41. The van der Waals surface area contributed by atoms with Crippen LogP contribution in [0.2, 0.25) is 0 Å². The van der Waals surface area contributed by atoms with E-state index < -0.39 is 10.2 Å². The molecule has 0 aromatic carbocycles. The van der Waals surface area contributed by atoms with Crippen molar-refractivity contribution in [3.63, 3.8) is 0 Å². The lowest BCUT2D eigenvalue weighted by molar-refractivity contribution is 0.188. The molecule has 0 unspecified atom stereocenters. The molecule has 1 saturated heterocycles. The number of rotatable bonds is 4. The SMILES string of the molecule is COCCCN1CCNS1(=O)=O. The summed E-state index contributed by atoms with van der Waals surface area (Å²) in [5, 5.41) is 0. The van der Waals surface area contributed by atoms with E-state index >= 15 is 0 Å². The molecule has 0 bridgehead atoms. The molecule has 1 N–H and O–H groups in total. The molecule has 12 heavy (non-hydrogen) atoms. The molecular weight excluding hydrogens is 180 g/mol. The lowest BCUT2D eigenvalue weighted by Gasteiger charge is -2.11. The summed E-state index contributed by atoms with van der Waals surface area (Å²) in [4.78, 5) is 0. The number of methoxy groups -OCH3 is 1. The zero-order valence-electron chi connectivity index (χ0n) is 7.12. The van der Waals surface area contributed by atoms with Gasteiger partial charge in [-0.2, -0.15) is 12.7 Å². The molecule has 5 nitrogen and oxygen atoms in total. The smallest absolute Gasteiger partial charge is 0.279 e. The van der Waals surface area contributed by atoms with Gasteiger partial charge in [-0.05, 0) is 6.42 Å². The van der Waals surface area contributed by atoms with Crippen molar-refractivity contribution in [2.24, 2.45) is 0 Å². The first-order valence-electron chi connectivity index (χ1n) is 3.90. The van der Waals surface area contributed by atoms with Gasteiger partial charge in [0.15, 0.2) is 0 Å². The van der Waals surface area contributed by atoms with Gasteiger partial charge in [0.05, 0.1) is 0 Å². The van der Waals surface area contributed by atoms with Crippen molar-refractivity contribution >= 4 is 10.2 Å². The highest BCUT2D eigenvalue weighted by Gasteiger charge is 2.26. The van der Waals surface area contributed by atoms with E-state index in [0.717, 1.165) is 6.42 Å². The minimum Gasteiger partial charge on any atom is -0.385 e. The predicted molar refractivity (Wildman–Crippen MR) is 45.0 cm³/mol. The Morgan fingerprint density at radius 1 is 1.58 bits per heavy atom. The molecule has 0 atom stereocenters. The largest absolute Gasteiger partial charge is 0.385 e. The van der Waals surface area contributed by atoms with Gasteiger partial charge in [0, 0.05) is 33.4 Å². The molecule has 1 aliphatic heterocycles. The van der Waals surface area contributed by atoms with E-state index in [4.69, 9.17) is 4.74 Å². The van der Waals surface area contributed by atoms with Crippen molar-refractivity contribution in [2.45, 2.75) is 6.42 Å². The Morgan fingerprint density at radius 2 is 2.33 bits per heavy atom. The summed E-state index contributed by atoms with van der Waals surface area (Å²) in [7, 11) is -1.53. The maximum Gasteiger partial charge on any atom is 0.279 e. The van der Waals surface area contributed by atoms with Gasteiger partial charge in [0.2, 0.25) is 0 Å². The van der Waals surface area contributed by atoms with Gasteiger partial charge in [0.25, 0.3) is 10.2 Å². The fraction of sp³-hybridized carbons (Fsp3) is 1.00. The summed E-state index contributed by atoms with van der Waals surface area (Å²) in [5.74, 6) is 0. The van der Waals surface area contributed by atoms with Crippen LogP contribution in [0.4, 0.5) is 0 Å². The molecule has 1 heterocycles. The van der Waals surface area contributed by atoms with Crippen molar-refractivity contribution < 1.29 is 13.2 Å². The molecule has 72 valence electrons. The van der Waals surface area contributed by atoms with Crippen LogP contribution in [0.3, 0.4) is 0 Å². The van der Waals surface area contributed by atoms with E-state index in [0.29, 0.717) is 26.2 Å². The fourth-order valence-corrected chi connectivity index (χ4v) is 2.36. The monoisotopic (exact) mass is 194 g/mol. The first kappa shape index (κ1) is 9.91. The Bertz CT molecular complexity index is 227. The Morgan fingerprint density at radius 3 is 2.83 bits per heavy atom. The van der Waals surface area contributed by atoms with E-state index in [1.54, 1.807) is 7.11 Å². The Labute approximate surface area is 72.9 Å². The van der Waals surface area contributed by atoms with Crippen LogP contribution in [0, 0.1) is 0 Å². The maximum absolute atomic E-state index is 11.1. The van der Waals surface area contributed by atoms with Gasteiger partial charge in [-0.15, -0.1) is 0 Å². The number of nitrogens with zero attached hydrogens (tertiary/aromatic N) is 1. The maximum atomic E-state index is 11.1. The molecule has 0 aromatic rings. The van der Waals surface area contributed by atoms with E-state index in [1.165, 1.54) is 4.31 Å². The molecule has 0 radical (unpaired) electrons. The van der Waals surface area contributed by atoms with Gasteiger partial charge in [0.1, 0.15) is 0 Å². The summed E-state index contributed by atoms with van der Waals surface area (Å²) < 4.78 is 31.0. The molecule has 1 fully saturated rings. The second-order valence-electron chi connectivity index (χ2n) is 2.64. The second kappa shape index (κ2) is 4.18. The number of hydrogen-bond donors (Lipinski definition) is 1. The van der Waals surface area contributed by atoms with Crippen LogP contribution in [-0.2, 0) is 14.9 Å². The molecule has 1 rings (SSSR count). The van der Waals surface area contributed by atoms with Gasteiger partial charge < -0.3 is 4.74 Å². The van der Waals surface area contributed by atoms with Crippen molar-refractivity contribution in [3.05, 3.63) is 0 Å². The van der Waals surface area contributed by atoms with Crippen LogP contribution in [0.15, 0.2) is 0 Å². The molecule has 1 aliphatic rings. The molecule has 0 spiro atoms. The second-order valence-corrected chi connectivity index (χ2v) is 4.40. The van der Waals surface area contributed by atoms with E-state index in [2.05, 4.69) is 4.72 Å². The van der Waals surface area contributed by atoms with Gasteiger partial charge in [-0.25, -0.2) is 4.72 Å². The predicted octanol–water partition coefficient (Wildman–Crippen LogP) is -0.827. The Hall–Kier alpha value is -0.170. The highest BCUT2D eigenvalue weighted by Crippen LogP contribution is 2.04. The molecule has 0 saturated carbocycles. The number of nitrogens with one attached hydrogen (secondary N) is 1. The minimum absolute atomic E-state index is 0.523. The number of hydrogen-bond acceptors (Lipinski definition) is 3. The minimum atomic E-state index is -3.14. The lowest BCUT2D eigenvalue weighted by Crippen LogP contribution is -2.30. The molecule has 6 heteroatoms. The van der Waals surface area contributed by atoms with E-state index in [-0.39, 0.29) is 0 Å². The van der Waals surface area contributed by atoms with Crippen molar-refractivity contribution in [3.8, 4) is 0 Å². The van der Waals surface area contributed by atoms with Crippen LogP contribution >= 0.6 is 0 Å². The normalized spacial score (nSPS) is 23.1. The molecular formula is C6H14N2O3S. The molecule has 0 aromatic heterocycles. The fourth-order valence-electron chi connectivity index (χ4n) is 1.13. The lowest BCUT2D eigenvalue weighted by atomic mass is 10.4. The average molecular weight is 194 g/mol. The highest BCUT2D eigenvalue weighted by molar-refractivity contribution is 7.87. The van der Waals surface area contributed by atoms with Crippen molar-refractivity contribution in [1.82, 2.24) is 9.03 Å².